The van der Waals surface area contributed by atoms with Gasteiger partial charge in [0, 0.05) is 14.1 Å². The number of thiophene rings is 1. The first-order chi connectivity index (χ1) is 6.02. The van der Waals surface area contributed by atoms with Gasteiger partial charge in [0.05, 0.1) is 4.88 Å². The summed E-state index contributed by atoms with van der Waals surface area (Å²) >= 11 is 1.52. The summed E-state index contributed by atoms with van der Waals surface area (Å²) in [4.78, 5) is 14.0. The minimum absolute atomic E-state index is 0.0944. The minimum Gasteiger partial charge on any atom is -0.344 e. The third-order valence-corrected chi connectivity index (χ3v) is 2.84. The SMILES string of the molecule is CC(C)c1csc(C(=O)N(C)C)c1. The highest BCUT2D eigenvalue weighted by Gasteiger charge is 2.11. The Labute approximate surface area is 83.2 Å². The second kappa shape index (κ2) is 3.92. The smallest absolute Gasteiger partial charge is 0.263 e. The molecule has 1 aromatic heterocycles. The van der Waals surface area contributed by atoms with E-state index >= 15 is 0 Å². The van der Waals surface area contributed by atoms with Crippen molar-refractivity contribution in [2.24, 2.45) is 0 Å². The van der Waals surface area contributed by atoms with Crippen LogP contribution >= 0.6 is 11.3 Å². The fourth-order valence-corrected chi connectivity index (χ4v) is 2.08. The molecule has 0 radical (unpaired) electrons. The van der Waals surface area contributed by atoms with Crippen molar-refractivity contribution in [1.29, 1.82) is 0 Å². The molecule has 0 aliphatic heterocycles. The predicted octanol–water partition coefficient (Wildman–Crippen LogP) is 2.57. The van der Waals surface area contributed by atoms with Crippen LogP contribution in [0.3, 0.4) is 0 Å². The third kappa shape index (κ3) is 2.31. The summed E-state index contributed by atoms with van der Waals surface area (Å²) in [5.41, 5.74) is 1.25. The molecule has 0 saturated heterocycles. The molecule has 0 spiro atoms. The molecule has 0 unspecified atom stereocenters. The van der Waals surface area contributed by atoms with E-state index in [2.05, 4.69) is 19.2 Å². The lowest BCUT2D eigenvalue weighted by atomic mass is 10.1. The van der Waals surface area contributed by atoms with Crippen LogP contribution in [0, 0.1) is 0 Å². The molecule has 0 bridgehead atoms. The number of amides is 1. The Hall–Kier alpha value is -0.830. The normalized spacial score (nSPS) is 10.5. The monoisotopic (exact) mass is 197 g/mol. The zero-order valence-electron chi connectivity index (χ0n) is 8.50. The van der Waals surface area contributed by atoms with Gasteiger partial charge in [-0.3, -0.25) is 4.79 Å². The molecule has 1 amide bonds. The topological polar surface area (TPSA) is 20.3 Å². The van der Waals surface area contributed by atoms with Crippen molar-refractivity contribution in [2.75, 3.05) is 14.1 Å². The van der Waals surface area contributed by atoms with Crippen LogP contribution in [-0.4, -0.2) is 24.9 Å². The Morgan fingerprint density at radius 1 is 1.46 bits per heavy atom. The van der Waals surface area contributed by atoms with Crippen molar-refractivity contribution in [1.82, 2.24) is 4.90 Å². The minimum atomic E-state index is 0.0944. The first-order valence-corrected chi connectivity index (χ1v) is 5.20. The van der Waals surface area contributed by atoms with Crippen LogP contribution in [0.4, 0.5) is 0 Å². The zero-order valence-corrected chi connectivity index (χ0v) is 9.31. The van der Waals surface area contributed by atoms with E-state index < -0.39 is 0 Å². The fourth-order valence-electron chi connectivity index (χ4n) is 0.986. The second-order valence-corrected chi connectivity index (χ2v) is 4.51. The Morgan fingerprint density at radius 3 is 2.46 bits per heavy atom. The van der Waals surface area contributed by atoms with Crippen LogP contribution < -0.4 is 0 Å². The molecule has 0 aromatic carbocycles. The van der Waals surface area contributed by atoms with Crippen LogP contribution in [0.25, 0.3) is 0 Å². The highest BCUT2D eigenvalue weighted by molar-refractivity contribution is 7.12. The van der Waals surface area contributed by atoms with Gasteiger partial charge in [0.25, 0.3) is 5.91 Å². The number of nitrogens with zero attached hydrogens (tertiary/aromatic N) is 1. The lowest BCUT2D eigenvalue weighted by molar-refractivity contribution is 0.0832. The molecule has 0 saturated carbocycles. The quantitative estimate of drug-likeness (QED) is 0.713. The van der Waals surface area contributed by atoms with E-state index in [0.29, 0.717) is 5.92 Å². The molecule has 1 aromatic rings. The molecule has 1 heterocycles. The summed E-state index contributed by atoms with van der Waals surface area (Å²) in [6.07, 6.45) is 0. The van der Waals surface area contributed by atoms with Crippen molar-refractivity contribution >= 4 is 17.2 Å². The molecular weight excluding hydrogens is 182 g/mol. The fraction of sp³-hybridized carbons (Fsp3) is 0.500. The summed E-state index contributed by atoms with van der Waals surface area (Å²) in [6.45, 7) is 4.26. The average Bonchev–Trinajstić information content (AvgIpc) is 2.50. The van der Waals surface area contributed by atoms with Crippen LogP contribution in [0.5, 0.6) is 0 Å². The van der Waals surface area contributed by atoms with Gasteiger partial charge >= 0.3 is 0 Å². The molecular formula is C10H15NOS. The van der Waals surface area contributed by atoms with Gasteiger partial charge in [0.15, 0.2) is 0 Å². The predicted molar refractivity (Wildman–Crippen MR) is 56.4 cm³/mol. The van der Waals surface area contributed by atoms with Crippen molar-refractivity contribution in [3.8, 4) is 0 Å². The summed E-state index contributed by atoms with van der Waals surface area (Å²) in [5, 5.41) is 2.06. The lowest BCUT2D eigenvalue weighted by Gasteiger charge is -2.07. The van der Waals surface area contributed by atoms with Gasteiger partial charge in [0.2, 0.25) is 0 Å². The molecule has 0 aliphatic rings. The Bertz CT molecular complexity index is 302. The van der Waals surface area contributed by atoms with Gasteiger partial charge in [-0.15, -0.1) is 11.3 Å². The Balaban J connectivity index is 2.86. The Morgan fingerprint density at radius 2 is 2.08 bits per heavy atom. The number of hydrogen-bond acceptors (Lipinski definition) is 2. The molecule has 2 nitrogen and oxygen atoms in total. The molecule has 0 fully saturated rings. The maximum atomic E-state index is 11.5. The van der Waals surface area contributed by atoms with Gasteiger partial charge in [-0.1, -0.05) is 13.8 Å². The van der Waals surface area contributed by atoms with Crippen molar-refractivity contribution in [3.63, 3.8) is 0 Å². The first-order valence-electron chi connectivity index (χ1n) is 4.32. The van der Waals surface area contributed by atoms with Crippen molar-refractivity contribution in [2.45, 2.75) is 19.8 Å². The second-order valence-electron chi connectivity index (χ2n) is 3.60. The lowest BCUT2D eigenvalue weighted by Crippen LogP contribution is -2.20. The Kier molecular flexibility index (Phi) is 3.09. The van der Waals surface area contributed by atoms with E-state index in [1.165, 1.54) is 16.9 Å². The van der Waals surface area contributed by atoms with E-state index in [1.807, 2.05) is 6.07 Å². The van der Waals surface area contributed by atoms with Gasteiger partial charge in [0.1, 0.15) is 0 Å². The molecule has 1 rings (SSSR count). The van der Waals surface area contributed by atoms with E-state index in [1.54, 1.807) is 19.0 Å². The maximum Gasteiger partial charge on any atom is 0.263 e. The molecule has 72 valence electrons. The van der Waals surface area contributed by atoms with Gasteiger partial charge in [-0.25, -0.2) is 0 Å². The third-order valence-electron chi connectivity index (χ3n) is 1.90. The average molecular weight is 197 g/mol. The summed E-state index contributed by atoms with van der Waals surface area (Å²) < 4.78 is 0. The van der Waals surface area contributed by atoms with E-state index in [-0.39, 0.29) is 5.91 Å². The largest absolute Gasteiger partial charge is 0.344 e. The first kappa shape index (κ1) is 10.3. The summed E-state index contributed by atoms with van der Waals surface area (Å²) in [6, 6.07) is 1.98. The summed E-state index contributed by atoms with van der Waals surface area (Å²) in [7, 11) is 3.55. The van der Waals surface area contributed by atoms with Gasteiger partial charge < -0.3 is 4.90 Å². The molecule has 0 aliphatic carbocycles. The van der Waals surface area contributed by atoms with Crippen LogP contribution in [-0.2, 0) is 0 Å². The number of carbonyl (C=O) groups excluding carboxylic acids is 1. The highest BCUT2D eigenvalue weighted by Crippen LogP contribution is 2.22. The van der Waals surface area contributed by atoms with Crippen molar-refractivity contribution in [3.05, 3.63) is 21.9 Å². The number of carbonyl (C=O) groups is 1. The van der Waals surface area contributed by atoms with Crippen molar-refractivity contribution < 1.29 is 4.79 Å². The van der Waals surface area contributed by atoms with Gasteiger partial charge in [-0.2, -0.15) is 0 Å². The highest BCUT2D eigenvalue weighted by atomic mass is 32.1. The molecule has 13 heavy (non-hydrogen) atoms. The molecule has 3 heteroatoms. The molecule has 0 atom stereocenters. The van der Waals surface area contributed by atoms with E-state index in [9.17, 15) is 4.79 Å². The van der Waals surface area contributed by atoms with Crippen LogP contribution in [0.1, 0.15) is 35.0 Å². The van der Waals surface area contributed by atoms with Crippen LogP contribution in [0.2, 0.25) is 0 Å². The zero-order chi connectivity index (χ0) is 10.0. The number of hydrogen-bond donors (Lipinski definition) is 0. The summed E-state index contributed by atoms with van der Waals surface area (Å²) in [5.74, 6) is 0.594. The van der Waals surface area contributed by atoms with E-state index in [0.717, 1.165) is 4.88 Å². The van der Waals surface area contributed by atoms with Gasteiger partial charge in [-0.05, 0) is 22.9 Å². The van der Waals surface area contributed by atoms with E-state index in [4.69, 9.17) is 0 Å². The maximum absolute atomic E-state index is 11.5. The molecule has 0 N–H and O–H groups in total. The standard InChI is InChI=1S/C10H15NOS/c1-7(2)8-5-9(13-6-8)10(12)11(3)4/h5-7H,1-4H3. The van der Waals surface area contributed by atoms with Crippen LogP contribution in [0.15, 0.2) is 11.4 Å². The number of rotatable bonds is 2.